The van der Waals surface area contributed by atoms with E-state index in [1.54, 1.807) is 0 Å². The fourth-order valence-electron chi connectivity index (χ4n) is 6.08. The van der Waals surface area contributed by atoms with Crippen molar-refractivity contribution in [2.24, 2.45) is 7.05 Å². The average Bonchev–Trinajstić information content (AvgIpc) is 3.58. The highest BCUT2D eigenvalue weighted by Gasteiger charge is 2.28. The predicted octanol–water partition coefficient (Wildman–Crippen LogP) is 2.04. The lowest BCUT2D eigenvalue weighted by molar-refractivity contribution is -0.0000147. The smallest absolute Gasteiger partial charge is 0.183 e. The second kappa shape index (κ2) is 10.2. The molecule has 4 aromatic heterocycles. The number of ether oxygens (including phenoxy) is 2. The summed E-state index contributed by atoms with van der Waals surface area (Å²) >= 11 is 0. The molecule has 3 saturated heterocycles. The van der Waals surface area contributed by atoms with Gasteiger partial charge in [-0.1, -0.05) is 0 Å². The zero-order chi connectivity index (χ0) is 25.5. The number of likely N-dealkylation sites (tertiary alicyclic amines) is 1. The van der Waals surface area contributed by atoms with Gasteiger partial charge in [-0.3, -0.25) is 14.8 Å². The molecule has 0 bridgehead atoms. The number of hydrogen-bond donors (Lipinski definition) is 1. The Morgan fingerprint density at radius 3 is 2.47 bits per heavy atom. The van der Waals surface area contributed by atoms with Gasteiger partial charge < -0.3 is 23.9 Å². The minimum atomic E-state index is 0.630. The fourth-order valence-corrected chi connectivity index (χ4v) is 6.08. The lowest BCUT2D eigenvalue weighted by Gasteiger charge is -2.39. The Morgan fingerprint density at radius 2 is 1.68 bits per heavy atom. The maximum Gasteiger partial charge on any atom is 0.183 e. The van der Waals surface area contributed by atoms with Crippen LogP contribution in [0.5, 0.6) is 0 Å². The summed E-state index contributed by atoms with van der Waals surface area (Å²) in [6.07, 6.45) is 6.13. The average molecular weight is 518 g/mol. The summed E-state index contributed by atoms with van der Waals surface area (Å²) in [5.41, 5.74) is 3.52. The molecule has 0 atom stereocenters. The van der Waals surface area contributed by atoms with Crippen LogP contribution in [0.4, 0.5) is 5.82 Å². The van der Waals surface area contributed by atoms with Crippen molar-refractivity contribution in [1.82, 2.24) is 39.3 Å². The zero-order valence-electron chi connectivity index (χ0n) is 22.0. The number of aromatic amines is 1. The topological polar surface area (TPSA) is 100 Å². The van der Waals surface area contributed by atoms with E-state index in [0.29, 0.717) is 25.1 Å². The Hall–Kier alpha value is -3.12. The third-order valence-corrected chi connectivity index (χ3v) is 8.28. The first-order chi connectivity index (χ1) is 18.7. The molecule has 0 aliphatic carbocycles. The first-order valence-corrected chi connectivity index (χ1v) is 13.8. The number of hydrogen-bond acceptors (Lipinski definition) is 9. The van der Waals surface area contributed by atoms with Gasteiger partial charge in [0.25, 0.3) is 0 Å². The van der Waals surface area contributed by atoms with Crippen LogP contribution in [0.15, 0.2) is 24.5 Å². The molecule has 1 N–H and O–H groups in total. The van der Waals surface area contributed by atoms with Gasteiger partial charge in [0.1, 0.15) is 11.5 Å². The second-order valence-electron chi connectivity index (χ2n) is 10.5. The molecule has 7 rings (SSSR count). The summed E-state index contributed by atoms with van der Waals surface area (Å²) in [5.74, 6) is 2.53. The number of anilines is 1. The molecule has 3 aliphatic heterocycles. The number of nitrogens with one attached hydrogen (secondary N) is 1. The molecule has 3 aliphatic rings. The number of H-pyrrole nitrogens is 1. The minimum Gasteiger partial charge on any atom is -0.379 e. The van der Waals surface area contributed by atoms with Gasteiger partial charge in [0.05, 0.1) is 33.0 Å². The maximum absolute atomic E-state index is 5.63. The Morgan fingerprint density at radius 1 is 0.921 bits per heavy atom. The molecule has 7 heterocycles. The van der Waals surface area contributed by atoms with Crippen molar-refractivity contribution in [1.29, 1.82) is 0 Å². The van der Waals surface area contributed by atoms with E-state index in [-0.39, 0.29) is 0 Å². The van der Waals surface area contributed by atoms with Crippen LogP contribution in [0.1, 0.15) is 18.7 Å². The molecule has 0 spiro atoms. The predicted molar refractivity (Wildman–Crippen MR) is 145 cm³/mol. The van der Waals surface area contributed by atoms with Crippen LogP contribution in [0.3, 0.4) is 0 Å². The van der Waals surface area contributed by atoms with E-state index >= 15 is 0 Å². The van der Waals surface area contributed by atoms with Gasteiger partial charge >= 0.3 is 0 Å². The van der Waals surface area contributed by atoms with E-state index in [4.69, 9.17) is 24.4 Å². The molecule has 0 unspecified atom stereocenters. The molecular formula is C27H35N9O2. The van der Waals surface area contributed by atoms with Crippen molar-refractivity contribution in [3.8, 4) is 11.5 Å². The van der Waals surface area contributed by atoms with E-state index < -0.39 is 0 Å². The number of aryl methyl sites for hydroxylation is 1. The largest absolute Gasteiger partial charge is 0.379 e. The summed E-state index contributed by atoms with van der Waals surface area (Å²) in [6.45, 7) is 9.77. The summed E-state index contributed by atoms with van der Waals surface area (Å²) in [7, 11) is 2.08. The Balaban J connectivity index is 1.20. The van der Waals surface area contributed by atoms with E-state index in [0.717, 1.165) is 98.4 Å². The first kappa shape index (κ1) is 24.0. The van der Waals surface area contributed by atoms with Crippen LogP contribution in [-0.2, 0) is 23.1 Å². The van der Waals surface area contributed by atoms with Crippen molar-refractivity contribution < 1.29 is 9.47 Å². The third-order valence-electron chi connectivity index (χ3n) is 8.28. The van der Waals surface area contributed by atoms with Crippen LogP contribution in [0.2, 0.25) is 0 Å². The Bertz CT molecular complexity index is 1410. The van der Waals surface area contributed by atoms with Crippen molar-refractivity contribution >= 4 is 27.9 Å². The SMILES string of the molecule is Cn1c(CN2CCC(N3CCOCC3)CC2)nc2c(N3CCOCC3)nc(-c3nccc4[nH]ccc34)nc21. The van der Waals surface area contributed by atoms with Crippen LogP contribution in [0, 0.1) is 0 Å². The Kier molecular flexibility index (Phi) is 6.44. The molecule has 3 fully saturated rings. The number of nitrogens with zero attached hydrogens (tertiary/aromatic N) is 8. The lowest BCUT2D eigenvalue weighted by atomic mass is 10.0. The van der Waals surface area contributed by atoms with Gasteiger partial charge in [0.15, 0.2) is 22.8 Å². The van der Waals surface area contributed by atoms with Gasteiger partial charge in [-0.15, -0.1) is 0 Å². The molecule has 0 aromatic carbocycles. The molecule has 11 nitrogen and oxygen atoms in total. The second-order valence-corrected chi connectivity index (χ2v) is 10.5. The Labute approximate surface area is 221 Å². The van der Waals surface area contributed by atoms with Crippen molar-refractivity contribution in [3.63, 3.8) is 0 Å². The van der Waals surface area contributed by atoms with Crippen molar-refractivity contribution in [2.45, 2.75) is 25.4 Å². The summed E-state index contributed by atoms with van der Waals surface area (Å²) in [6, 6.07) is 4.68. The summed E-state index contributed by atoms with van der Waals surface area (Å²) < 4.78 is 13.3. The van der Waals surface area contributed by atoms with Crippen molar-refractivity contribution in [2.75, 3.05) is 70.6 Å². The lowest BCUT2D eigenvalue weighted by Crippen LogP contribution is -2.48. The highest BCUT2D eigenvalue weighted by atomic mass is 16.5. The minimum absolute atomic E-state index is 0.630. The molecule has 0 radical (unpaired) electrons. The van der Waals surface area contributed by atoms with Gasteiger partial charge in [-0.25, -0.2) is 15.0 Å². The molecule has 4 aromatic rings. The monoisotopic (exact) mass is 517 g/mol. The summed E-state index contributed by atoms with van der Waals surface area (Å²) in [5, 5.41) is 1.02. The maximum atomic E-state index is 5.63. The van der Waals surface area contributed by atoms with E-state index in [2.05, 4.69) is 36.3 Å². The molecule has 38 heavy (non-hydrogen) atoms. The molecular weight excluding hydrogens is 482 g/mol. The quantitative estimate of drug-likeness (QED) is 0.426. The van der Waals surface area contributed by atoms with Crippen LogP contribution >= 0.6 is 0 Å². The number of rotatable bonds is 5. The number of imidazole rings is 1. The number of piperidine rings is 1. The molecule has 200 valence electrons. The number of aromatic nitrogens is 6. The standard InChI is InChI=1S/C27H35N9O2/c1-33-22(18-34-8-4-19(5-9-34)35-10-14-37-15-11-35)30-24-26(33)31-25(32-27(24)36-12-16-38-17-13-36)23-20-2-6-28-21(20)3-7-29-23/h2-3,6-7,19,28H,4-5,8-18H2,1H3. The normalized spacial score (nSPS) is 20.6. The third kappa shape index (κ3) is 4.43. The zero-order valence-corrected chi connectivity index (χ0v) is 22.0. The number of fused-ring (bicyclic) bond motifs is 2. The number of pyridine rings is 1. The van der Waals surface area contributed by atoms with Gasteiger partial charge in [-0.2, -0.15) is 0 Å². The van der Waals surface area contributed by atoms with Crippen LogP contribution in [-0.4, -0.2) is 111 Å². The van der Waals surface area contributed by atoms with E-state index in [1.807, 2.05) is 24.5 Å². The highest BCUT2D eigenvalue weighted by Crippen LogP contribution is 2.31. The highest BCUT2D eigenvalue weighted by molar-refractivity contribution is 5.93. The van der Waals surface area contributed by atoms with Crippen LogP contribution in [0.25, 0.3) is 33.6 Å². The molecule has 0 amide bonds. The molecule has 11 heteroatoms. The first-order valence-electron chi connectivity index (χ1n) is 13.8. The number of morpholine rings is 2. The van der Waals surface area contributed by atoms with Gasteiger partial charge in [-0.05, 0) is 25.0 Å². The van der Waals surface area contributed by atoms with Crippen LogP contribution < -0.4 is 4.90 Å². The molecule has 0 saturated carbocycles. The summed E-state index contributed by atoms with van der Waals surface area (Å²) in [4.78, 5) is 30.6. The fraction of sp³-hybridized carbons (Fsp3) is 0.556. The van der Waals surface area contributed by atoms with Crippen molar-refractivity contribution in [3.05, 3.63) is 30.4 Å². The van der Waals surface area contributed by atoms with Gasteiger partial charge in [0.2, 0.25) is 0 Å². The van der Waals surface area contributed by atoms with E-state index in [1.165, 1.54) is 12.8 Å². The van der Waals surface area contributed by atoms with E-state index in [9.17, 15) is 0 Å². The van der Waals surface area contributed by atoms with Gasteiger partial charge in [0, 0.05) is 75.7 Å².